The number of hydrogen-bond acceptors (Lipinski definition) is 6. The Balaban J connectivity index is 1.53. The number of aromatic nitrogens is 2. The molecule has 8 heteroatoms. The van der Waals surface area contributed by atoms with Crippen molar-refractivity contribution in [2.45, 2.75) is 12.8 Å². The maximum absolute atomic E-state index is 12.1. The molecular formula is C19H16IN3O4. The van der Waals surface area contributed by atoms with Crippen LogP contribution in [0, 0.1) is 3.57 Å². The molecule has 3 aromatic rings. The van der Waals surface area contributed by atoms with E-state index in [9.17, 15) is 9.59 Å². The highest BCUT2D eigenvalue weighted by molar-refractivity contribution is 14.1. The van der Waals surface area contributed by atoms with Crippen LogP contribution in [0.5, 0.6) is 0 Å². The minimum absolute atomic E-state index is 0.185. The highest BCUT2D eigenvalue weighted by Gasteiger charge is 2.11. The summed E-state index contributed by atoms with van der Waals surface area (Å²) in [5, 5.41) is 6.71. The van der Waals surface area contributed by atoms with Crippen molar-refractivity contribution in [3.05, 3.63) is 63.6 Å². The molecule has 0 spiro atoms. The molecule has 0 saturated carbocycles. The lowest BCUT2D eigenvalue weighted by Gasteiger charge is -2.05. The van der Waals surface area contributed by atoms with Crippen LogP contribution in [-0.4, -0.2) is 29.1 Å². The number of carbonyl (C=O) groups is 2. The van der Waals surface area contributed by atoms with Crippen molar-refractivity contribution in [1.82, 2.24) is 10.1 Å². The topological polar surface area (TPSA) is 94.3 Å². The van der Waals surface area contributed by atoms with E-state index >= 15 is 0 Å². The summed E-state index contributed by atoms with van der Waals surface area (Å²) in [6.45, 7) is 0. The van der Waals surface area contributed by atoms with Gasteiger partial charge in [0.15, 0.2) is 0 Å². The first-order valence-electron chi connectivity index (χ1n) is 8.12. The quantitative estimate of drug-likeness (QED) is 0.430. The maximum atomic E-state index is 12.1. The largest absolute Gasteiger partial charge is 0.465 e. The van der Waals surface area contributed by atoms with E-state index in [2.05, 4.69) is 42.8 Å². The van der Waals surface area contributed by atoms with Crippen molar-refractivity contribution in [1.29, 1.82) is 0 Å². The number of anilines is 1. The van der Waals surface area contributed by atoms with Gasteiger partial charge in [0.25, 0.3) is 0 Å². The number of halogens is 1. The molecule has 7 nitrogen and oxygen atoms in total. The van der Waals surface area contributed by atoms with Gasteiger partial charge in [-0.1, -0.05) is 17.3 Å². The Morgan fingerprint density at radius 3 is 2.48 bits per heavy atom. The third kappa shape index (κ3) is 5.13. The molecule has 0 atom stereocenters. The van der Waals surface area contributed by atoms with Gasteiger partial charge in [-0.2, -0.15) is 4.98 Å². The molecule has 3 rings (SSSR count). The van der Waals surface area contributed by atoms with E-state index in [1.54, 1.807) is 24.3 Å². The Morgan fingerprint density at radius 1 is 1.11 bits per heavy atom. The van der Waals surface area contributed by atoms with Crippen LogP contribution in [0.3, 0.4) is 0 Å². The third-order valence-electron chi connectivity index (χ3n) is 3.73. The van der Waals surface area contributed by atoms with Gasteiger partial charge < -0.3 is 14.6 Å². The van der Waals surface area contributed by atoms with Gasteiger partial charge in [0.1, 0.15) is 0 Å². The van der Waals surface area contributed by atoms with E-state index in [4.69, 9.17) is 4.52 Å². The summed E-state index contributed by atoms with van der Waals surface area (Å²) in [7, 11) is 1.32. The Kier molecular flexibility index (Phi) is 6.17. The number of benzene rings is 2. The maximum Gasteiger partial charge on any atom is 0.337 e. The van der Waals surface area contributed by atoms with Crippen LogP contribution in [0.25, 0.3) is 11.4 Å². The lowest BCUT2D eigenvalue weighted by atomic mass is 10.2. The summed E-state index contributed by atoms with van der Waals surface area (Å²) >= 11 is 2.23. The van der Waals surface area contributed by atoms with Crippen LogP contribution in [0.15, 0.2) is 53.1 Å². The second-order valence-corrected chi connectivity index (χ2v) is 6.88. The molecule has 138 valence electrons. The number of carbonyl (C=O) groups excluding carboxylic acids is 2. The predicted octanol–water partition coefficient (Wildman–Crippen LogP) is 3.70. The molecule has 0 aliphatic heterocycles. The average Bonchev–Trinajstić information content (AvgIpc) is 3.16. The number of amides is 1. The molecular weight excluding hydrogens is 461 g/mol. The van der Waals surface area contributed by atoms with Gasteiger partial charge >= 0.3 is 5.97 Å². The highest BCUT2D eigenvalue weighted by Crippen LogP contribution is 2.18. The number of nitrogens with zero attached hydrogens (tertiary/aromatic N) is 2. The number of nitrogens with one attached hydrogen (secondary N) is 1. The van der Waals surface area contributed by atoms with Crippen LogP contribution in [0.1, 0.15) is 22.7 Å². The molecule has 0 aliphatic carbocycles. The molecule has 1 amide bonds. The Hall–Kier alpha value is -2.75. The Morgan fingerprint density at radius 2 is 1.81 bits per heavy atom. The number of esters is 1. The Labute approximate surface area is 169 Å². The second-order valence-electron chi connectivity index (χ2n) is 5.64. The van der Waals surface area contributed by atoms with Crippen molar-refractivity contribution in [3.8, 4) is 11.4 Å². The van der Waals surface area contributed by atoms with Crippen LogP contribution in [-0.2, 0) is 16.0 Å². The van der Waals surface area contributed by atoms with Gasteiger partial charge in [-0.25, -0.2) is 4.79 Å². The fraction of sp³-hybridized carbons (Fsp3) is 0.158. The second kappa shape index (κ2) is 8.76. The van der Waals surface area contributed by atoms with Crippen molar-refractivity contribution < 1.29 is 18.8 Å². The first kappa shape index (κ1) is 19.0. The monoisotopic (exact) mass is 477 g/mol. The predicted molar refractivity (Wildman–Crippen MR) is 107 cm³/mol. The molecule has 1 N–H and O–H groups in total. The molecule has 0 saturated heterocycles. The zero-order chi connectivity index (χ0) is 19.2. The summed E-state index contributed by atoms with van der Waals surface area (Å²) in [5.41, 5.74) is 1.88. The van der Waals surface area contributed by atoms with Crippen molar-refractivity contribution in [2.24, 2.45) is 0 Å². The first-order valence-corrected chi connectivity index (χ1v) is 9.20. The lowest BCUT2D eigenvalue weighted by Crippen LogP contribution is -2.12. The molecule has 2 aromatic carbocycles. The van der Waals surface area contributed by atoms with Gasteiger partial charge in [0, 0.05) is 27.7 Å². The van der Waals surface area contributed by atoms with E-state index < -0.39 is 5.97 Å². The van der Waals surface area contributed by atoms with Gasteiger partial charge in [-0.3, -0.25) is 4.79 Å². The van der Waals surface area contributed by atoms with E-state index in [-0.39, 0.29) is 12.3 Å². The normalized spacial score (nSPS) is 10.4. The molecule has 0 bridgehead atoms. The number of ether oxygens (including phenoxy) is 1. The highest BCUT2D eigenvalue weighted by atomic mass is 127. The molecule has 0 radical (unpaired) electrons. The summed E-state index contributed by atoms with van der Waals surface area (Å²) in [4.78, 5) is 27.8. The zero-order valence-corrected chi connectivity index (χ0v) is 16.6. The number of aryl methyl sites for hydroxylation is 1. The van der Waals surface area contributed by atoms with E-state index in [0.717, 1.165) is 9.13 Å². The molecule has 1 heterocycles. The Bertz CT molecular complexity index is 936. The third-order valence-corrected chi connectivity index (χ3v) is 4.45. The molecule has 0 aliphatic rings. The van der Waals surface area contributed by atoms with Crippen molar-refractivity contribution >= 4 is 40.2 Å². The summed E-state index contributed by atoms with van der Waals surface area (Å²) in [6.07, 6.45) is 0.538. The van der Waals surface area contributed by atoms with Crippen LogP contribution >= 0.6 is 22.6 Å². The van der Waals surface area contributed by atoms with Gasteiger partial charge in [-0.15, -0.1) is 0 Å². The summed E-state index contributed by atoms with van der Waals surface area (Å²) in [6, 6.07) is 14.2. The van der Waals surface area contributed by atoms with Crippen LogP contribution in [0.2, 0.25) is 0 Å². The van der Waals surface area contributed by atoms with E-state index in [1.165, 1.54) is 7.11 Å². The molecule has 0 unspecified atom stereocenters. The minimum atomic E-state index is -0.423. The molecule has 27 heavy (non-hydrogen) atoms. The number of hydrogen-bond donors (Lipinski definition) is 1. The first-order chi connectivity index (χ1) is 13.0. The minimum Gasteiger partial charge on any atom is -0.465 e. The van der Waals surface area contributed by atoms with Crippen molar-refractivity contribution in [3.63, 3.8) is 0 Å². The fourth-order valence-corrected chi connectivity index (χ4v) is 2.68. The van der Waals surface area contributed by atoms with Gasteiger partial charge in [0.2, 0.25) is 17.6 Å². The fourth-order valence-electron chi connectivity index (χ4n) is 2.32. The molecule has 0 fully saturated rings. The average molecular weight is 477 g/mol. The van der Waals surface area contributed by atoms with Crippen molar-refractivity contribution in [2.75, 3.05) is 12.4 Å². The van der Waals surface area contributed by atoms with E-state index in [0.29, 0.717) is 29.4 Å². The zero-order valence-electron chi connectivity index (χ0n) is 14.4. The number of rotatable bonds is 6. The SMILES string of the molecule is COC(=O)c1ccc(NC(=O)CCc2nc(-c3ccc(I)cc3)no2)cc1. The molecule has 1 aromatic heterocycles. The standard InChI is InChI=1S/C19H16IN3O4/c1-26-19(25)13-4-8-15(9-5-13)21-16(24)10-11-17-22-18(23-27-17)12-2-6-14(20)7-3-12/h2-9H,10-11H2,1H3,(H,21,24). The smallest absolute Gasteiger partial charge is 0.337 e. The van der Waals surface area contributed by atoms with Gasteiger partial charge in [-0.05, 0) is 59.0 Å². The summed E-state index contributed by atoms with van der Waals surface area (Å²) in [5.74, 6) is 0.294. The van der Waals surface area contributed by atoms with Gasteiger partial charge in [0.05, 0.1) is 12.7 Å². The number of methoxy groups -OCH3 is 1. The van der Waals surface area contributed by atoms with E-state index in [1.807, 2.05) is 24.3 Å². The summed E-state index contributed by atoms with van der Waals surface area (Å²) < 4.78 is 11.0. The van der Waals surface area contributed by atoms with Crippen LogP contribution in [0.4, 0.5) is 5.69 Å². The van der Waals surface area contributed by atoms with Crippen LogP contribution < -0.4 is 5.32 Å². The lowest BCUT2D eigenvalue weighted by molar-refractivity contribution is -0.116.